The lowest BCUT2D eigenvalue weighted by molar-refractivity contribution is -0.185. The zero-order valence-electron chi connectivity index (χ0n) is 15.2. The number of esters is 2. The van der Waals surface area contributed by atoms with Crippen LogP contribution in [0.5, 0.6) is 0 Å². The molecule has 0 saturated heterocycles. The Morgan fingerprint density at radius 1 is 1.29 bits per heavy atom. The molecule has 0 aliphatic heterocycles. The van der Waals surface area contributed by atoms with E-state index in [0.717, 1.165) is 31.3 Å². The molecule has 5 nitrogen and oxygen atoms in total. The summed E-state index contributed by atoms with van der Waals surface area (Å²) in [6, 6.07) is 0. The topological polar surface area (TPSA) is 72.8 Å². The van der Waals surface area contributed by atoms with E-state index >= 15 is 0 Å². The van der Waals surface area contributed by atoms with Gasteiger partial charge < -0.3 is 14.6 Å². The fraction of sp³-hybridized carbons (Fsp3) is 0.789. The number of carbonyl (C=O) groups is 2. The number of ether oxygens (including phenoxy) is 2. The van der Waals surface area contributed by atoms with Gasteiger partial charge in [0.2, 0.25) is 0 Å². The molecule has 0 aromatic heterocycles. The Morgan fingerprint density at radius 2 is 1.92 bits per heavy atom. The summed E-state index contributed by atoms with van der Waals surface area (Å²) in [4.78, 5) is 23.2. The van der Waals surface area contributed by atoms with Crippen LogP contribution in [0.1, 0.15) is 53.4 Å². The largest absolute Gasteiger partial charge is 0.462 e. The zero-order chi connectivity index (χ0) is 18.1. The van der Waals surface area contributed by atoms with Crippen molar-refractivity contribution in [2.24, 2.45) is 23.2 Å². The molecular formula is C19H30O5. The van der Waals surface area contributed by atoms with E-state index in [1.807, 2.05) is 6.92 Å². The number of hydrogen-bond donors (Lipinski definition) is 1. The first-order chi connectivity index (χ1) is 11.2. The number of hydrogen-bond acceptors (Lipinski definition) is 5. The van der Waals surface area contributed by atoms with E-state index in [-0.39, 0.29) is 53.9 Å². The van der Waals surface area contributed by atoms with E-state index in [9.17, 15) is 14.7 Å². The Kier molecular flexibility index (Phi) is 5.74. The Balaban J connectivity index is 2.39. The third-order valence-corrected chi connectivity index (χ3v) is 6.01. The molecule has 6 atom stereocenters. The van der Waals surface area contributed by atoms with Gasteiger partial charge >= 0.3 is 11.9 Å². The van der Waals surface area contributed by atoms with Gasteiger partial charge in [0.25, 0.3) is 0 Å². The van der Waals surface area contributed by atoms with E-state index in [1.165, 1.54) is 13.8 Å². The predicted molar refractivity (Wildman–Crippen MR) is 90.1 cm³/mol. The van der Waals surface area contributed by atoms with Crippen LogP contribution in [0.2, 0.25) is 0 Å². The fourth-order valence-corrected chi connectivity index (χ4v) is 4.77. The number of aliphatic hydroxyl groups excluding tert-OH is 1. The standard InChI is InChI=1S/C19H30O5/c1-11-6-7-16(23-13(3)21)19(5)9-8-15(12(2)10-20)18(17(11)19)24-14(4)22/h12,15-18,20H,1,6-10H2,2-5H3/t12-,15+,16-,17?,18+,19+/m1/s1. The van der Waals surface area contributed by atoms with Crippen LogP contribution in [0.15, 0.2) is 12.2 Å². The normalized spacial score (nSPS) is 37.3. The summed E-state index contributed by atoms with van der Waals surface area (Å²) in [5.41, 5.74) is 0.772. The number of carbonyl (C=O) groups excluding carboxylic acids is 2. The number of rotatable bonds is 4. The summed E-state index contributed by atoms with van der Waals surface area (Å²) in [6.45, 7) is 11.3. The number of fused-ring (bicyclic) bond motifs is 1. The van der Waals surface area contributed by atoms with Crippen molar-refractivity contribution in [2.75, 3.05) is 6.61 Å². The predicted octanol–water partition coefficient (Wildman–Crippen LogP) is 2.86. The van der Waals surface area contributed by atoms with Crippen molar-refractivity contribution in [3.05, 3.63) is 12.2 Å². The first kappa shape index (κ1) is 19.0. The van der Waals surface area contributed by atoms with Gasteiger partial charge in [0.05, 0.1) is 0 Å². The van der Waals surface area contributed by atoms with Crippen molar-refractivity contribution in [2.45, 2.75) is 65.6 Å². The number of aliphatic hydroxyl groups is 1. The molecule has 0 aromatic rings. The van der Waals surface area contributed by atoms with Crippen molar-refractivity contribution in [1.29, 1.82) is 0 Å². The van der Waals surface area contributed by atoms with Crippen LogP contribution in [0.3, 0.4) is 0 Å². The third kappa shape index (κ3) is 3.51. The van der Waals surface area contributed by atoms with Gasteiger partial charge in [-0.25, -0.2) is 0 Å². The minimum absolute atomic E-state index is 0.0424. The lowest BCUT2D eigenvalue weighted by Crippen LogP contribution is -2.57. The molecule has 5 heteroatoms. The summed E-state index contributed by atoms with van der Waals surface area (Å²) in [5, 5.41) is 9.60. The smallest absolute Gasteiger partial charge is 0.302 e. The molecule has 136 valence electrons. The molecule has 2 fully saturated rings. The monoisotopic (exact) mass is 338 g/mol. The maximum absolute atomic E-state index is 11.7. The van der Waals surface area contributed by atoms with Crippen molar-refractivity contribution < 1.29 is 24.2 Å². The molecule has 0 radical (unpaired) electrons. The highest BCUT2D eigenvalue weighted by Gasteiger charge is 2.56. The van der Waals surface area contributed by atoms with Crippen LogP contribution in [0, 0.1) is 23.2 Å². The van der Waals surface area contributed by atoms with Crippen LogP contribution >= 0.6 is 0 Å². The highest BCUT2D eigenvalue weighted by Crippen LogP contribution is 2.56. The van der Waals surface area contributed by atoms with E-state index in [4.69, 9.17) is 9.47 Å². The van der Waals surface area contributed by atoms with E-state index in [1.54, 1.807) is 0 Å². The van der Waals surface area contributed by atoms with Crippen LogP contribution in [-0.4, -0.2) is 35.9 Å². The molecule has 0 aromatic carbocycles. The lowest BCUT2D eigenvalue weighted by Gasteiger charge is -2.55. The molecule has 0 bridgehead atoms. The Labute approximate surface area is 144 Å². The van der Waals surface area contributed by atoms with Gasteiger partial charge in [-0.3, -0.25) is 9.59 Å². The Bertz CT molecular complexity index is 514. The fourth-order valence-electron chi connectivity index (χ4n) is 4.77. The lowest BCUT2D eigenvalue weighted by atomic mass is 9.53. The van der Waals surface area contributed by atoms with Crippen LogP contribution in [0.25, 0.3) is 0 Å². The first-order valence-electron chi connectivity index (χ1n) is 8.83. The second-order valence-corrected chi connectivity index (χ2v) is 7.71. The van der Waals surface area contributed by atoms with Gasteiger partial charge in [0.15, 0.2) is 0 Å². The average molecular weight is 338 g/mol. The van der Waals surface area contributed by atoms with Gasteiger partial charge in [-0.15, -0.1) is 0 Å². The maximum atomic E-state index is 11.7. The van der Waals surface area contributed by atoms with Gasteiger partial charge in [0.1, 0.15) is 12.2 Å². The molecule has 0 spiro atoms. The van der Waals surface area contributed by atoms with Gasteiger partial charge in [0, 0.05) is 37.7 Å². The molecular weight excluding hydrogens is 308 g/mol. The average Bonchev–Trinajstić information content (AvgIpc) is 2.48. The van der Waals surface area contributed by atoms with Gasteiger partial charge in [-0.05, 0) is 31.6 Å². The molecule has 0 amide bonds. The van der Waals surface area contributed by atoms with Crippen molar-refractivity contribution in [1.82, 2.24) is 0 Å². The third-order valence-electron chi connectivity index (χ3n) is 6.01. The Morgan fingerprint density at radius 3 is 2.46 bits per heavy atom. The van der Waals surface area contributed by atoms with Crippen LogP contribution in [-0.2, 0) is 19.1 Å². The van der Waals surface area contributed by atoms with E-state index in [2.05, 4.69) is 13.5 Å². The zero-order valence-corrected chi connectivity index (χ0v) is 15.2. The minimum Gasteiger partial charge on any atom is -0.462 e. The molecule has 24 heavy (non-hydrogen) atoms. The summed E-state index contributed by atoms with van der Waals surface area (Å²) >= 11 is 0. The van der Waals surface area contributed by atoms with E-state index in [0.29, 0.717) is 0 Å². The maximum Gasteiger partial charge on any atom is 0.302 e. The first-order valence-corrected chi connectivity index (χ1v) is 8.83. The van der Waals surface area contributed by atoms with Crippen molar-refractivity contribution in [3.63, 3.8) is 0 Å². The Hall–Kier alpha value is -1.36. The highest BCUT2D eigenvalue weighted by atomic mass is 16.6. The van der Waals surface area contributed by atoms with Crippen LogP contribution in [0.4, 0.5) is 0 Å². The van der Waals surface area contributed by atoms with Gasteiger partial charge in [-0.2, -0.15) is 0 Å². The molecule has 2 aliphatic rings. The molecule has 0 heterocycles. The summed E-state index contributed by atoms with van der Waals surface area (Å²) in [6.07, 6.45) is 2.71. The summed E-state index contributed by atoms with van der Waals surface area (Å²) in [7, 11) is 0. The van der Waals surface area contributed by atoms with Crippen molar-refractivity contribution >= 4 is 11.9 Å². The molecule has 2 saturated carbocycles. The van der Waals surface area contributed by atoms with Crippen molar-refractivity contribution in [3.8, 4) is 0 Å². The van der Waals surface area contributed by atoms with E-state index < -0.39 is 0 Å². The second-order valence-electron chi connectivity index (χ2n) is 7.71. The van der Waals surface area contributed by atoms with Gasteiger partial charge in [-0.1, -0.05) is 26.0 Å². The second kappa shape index (κ2) is 7.26. The highest BCUT2D eigenvalue weighted by molar-refractivity contribution is 5.67. The molecule has 2 aliphatic carbocycles. The summed E-state index contributed by atoms with van der Waals surface area (Å²) in [5.74, 6) is -0.512. The summed E-state index contributed by atoms with van der Waals surface area (Å²) < 4.78 is 11.4. The minimum atomic E-state index is -0.325. The molecule has 1 unspecified atom stereocenters. The van der Waals surface area contributed by atoms with Crippen LogP contribution < -0.4 is 0 Å². The molecule has 1 N–H and O–H groups in total. The SMILES string of the molecule is C=C1CC[C@@H](OC(C)=O)[C@]2(C)CC[C@@H]([C@H](C)CO)[C@H](OC(C)=O)C12. The quantitative estimate of drug-likeness (QED) is 0.630. The molecule has 2 rings (SSSR count).